The molecule has 0 saturated carbocycles. The first-order chi connectivity index (χ1) is 11.1. The van der Waals surface area contributed by atoms with Gasteiger partial charge in [-0.05, 0) is 42.9 Å². The van der Waals surface area contributed by atoms with E-state index < -0.39 is 0 Å². The highest BCUT2D eigenvalue weighted by atomic mass is 32.1. The molecule has 6 nitrogen and oxygen atoms in total. The van der Waals surface area contributed by atoms with Crippen molar-refractivity contribution in [3.05, 3.63) is 24.3 Å². The van der Waals surface area contributed by atoms with Gasteiger partial charge < -0.3 is 20.5 Å². The third-order valence-electron chi connectivity index (χ3n) is 3.54. The Morgan fingerprint density at radius 1 is 1.43 bits per heavy atom. The average molecular weight is 337 g/mol. The lowest BCUT2D eigenvalue weighted by atomic mass is 10.2. The van der Waals surface area contributed by atoms with Crippen LogP contribution in [0.25, 0.3) is 0 Å². The van der Waals surface area contributed by atoms with Crippen LogP contribution in [0.1, 0.15) is 26.2 Å². The van der Waals surface area contributed by atoms with Crippen LogP contribution in [-0.4, -0.2) is 37.0 Å². The summed E-state index contributed by atoms with van der Waals surface area (Å²) in [7, 11) is 0. The van der Waals surface area contributed by atoms with Gasteiger partial charge in [-0.2, -0.15) is 0 Å². The van der Waals surface area contributed by atoms with Gasteiger partial charge in [-0.3, -0.25) is 4.90 Å². The Kier molecular flexibility index (Phi) is 6.46. The summed E-state index contributed by atoms with van der Waals surface area (Å²) in [6, 6.07) is 7.46. The predicted molar refractivity (Wildman–Crippen MR) is 93.9 cm³/mol. The summed E-state index contributed by atoms with van der Waals surface area (Å²) in [5.74, 6) is 0.809. The van der Waals surface area contributed by atoms with Crippen LogP contribution < -0.4 is 20.7 Å². The molecule has 1 aromatic rings. The molecular formula is C16H23N3O3S. The first kappa shape index (κ1) is 17.3. The third kappa shape index (κ3) is 5.28. The first-order valence-corrected chi connectivity index (χ1v) is 8.25. The summed E-state index contributed by atoms with van der Waals surface area (Å²) < 4.78 is 10.9. The van der Waals surface area contributed by atoms with Crippen LogP contribution >= 0.6 is 12.2 Å². The summed E-state index contributed by atoms with van der Waals surface area (Å²) >= 11 is 4.75. The maximum Gasteiger partial charge on any atom is 0.414 e. The lowest BCUT2D eigenvalue weighted by Gasteiger charge is -2.14. The monoisotopic (exact) mass is 337 g/mol. The normalized spacial score (nSPS) is 17.0. The van der Waals surface area contributed by atoms with Gasteiger partial charge in [0.25, 0.3) is 0 Å². The van der Waals surface area contributed by atoms with Crippen LogP contribution in [0.2, 0.25) is 0 Å². The summed E-state index contributed by atoms with van der Waals surface area (Å²) in [5, 5.41) is 3.01. The van der Waals surface area contributed by atoms with Crippen molar-refractivity contribution in [2.24, 2.45) is 5.73 Å². The first-order valence-electron chi connectivity index (χ1n) is 7.84. The van der Waals surface area contributed by atoms with E-state index in [0.29, 0.717) is 19.7 Å². The molecule has 1 saturated heterocycles. The summed E-state index contributed by atoms with van der Waals surface area (Å²) in [6.07, 6.45) is 2.75. The fourth-order valence-electron chi connectivity index (χ4n) is 2.32. The topological polar surface area (TPSA) is 76.8 Å². The molecule has 1 aliphatic heterocycles. The number of nitrogens with one attached hydrogen (secondary N) is 1. The second-order valence-electron chi connectivity index (χ2n) is 5.41. The molecule has 0 aliphatic carbocycles. The van der Waals surface area contributed by atoms with E-state index in [1.807, 2.05) is 24.3 Å². The van der Waals surface area contributed by atoms with Gasteiger partial charge in [0.15, 0.2) is 5.11 Å². The largest absolute Gasteiger partial charge is 0.494 e. The Labute approximate surface area is 141 Å². The number of nitrogens with zero attached hydrogens (tertiary/aromatic N) is 1. The summed E-state index contributed by atoms with van der Waals surface area (Å²) in [4.78, 5) is 13.5. The number of nitrogens with two attached hydrogens (primary N) is 1. The Balaban J connectivity index is 1.86. The average Bonchev–Trinajstić information content (AvgIpc) is 2.91. The molecule has 1 fully saturated rings. The number of thiocarbonyl (C=S) groups is 1. The Morgan fingerprint density at radius 3 is 2.83 bits per heavy atom. The maximum atomic E-state index is 11.9. The second-order valence-corrected chi connectivity index (χ2v) is 5.85. The Bertz CT molecular complexity index is 536. The van der Waals surface area contributed by atoms with Crippen molar-refractivity contribution in [2.75, 3.05) is 24.6 Å². The van der Waals surface area contributed by atoms with Gasteiger partial charge >= 0.3 is 6.09 Å². The number of hydrogen-bond acceptors (Lipinski definition) is 4. The number of rotatable bonds is 8. The molecule has 1 atom stereocenters. The molecule has 1 aliphatic rings. The summed E-state index contributed by atoms with van der Waals surface area (Å²) in [5.41, 5.74) is 6.16. The molecule has 0 aromatic heterocycles. The number of amides is 1. The number of carbonyl (C=O) groups excluding carboxylic acids is 1. The fraction of sp³-hybridized carbons (Fsp3) is 0.500. The standard InChI is InChI=1S/C16H23N3O3S/c1-2-3-4-9-21-13-7-5-12(6-8-13)19-11-14(22-16(19)20)10-18-15(17)23/h5-8,14H,2-4,9-11H2,1H3,(H3,17,18,23)/t14-/m0/s1. The lowest BCUT2D eigenvalue weighted by molar-refractivity contribution is 0.143. The number of benzene rings is 1. The van der Waals surface area contributed by atoms with E-state index in [9.17, 15) is 4.79 Å². The van der Waals surface area contributed by atoms with E-state index >= 15 is 0 Å². The minimum Gasteiger partial charge on any atom is -0.494 e. The van der Waals surface area contributed by atoms with E-state index in [1.165, 1.54) is 12.8 Å². The van der Waals surface area contributed by atoms with Gasteiger partial charge in [-0.25, -0.2) is 4.79 Å². The fourth-order valence-corrected chi connectivity index (χ4v) is 2.40. The van der Waals surface area contributed by atoms with Crippen LogP contribution in [0.3, 0.4) is 0 Å². The van der Waals surface area contributed by atoms with Crippen LogP contribution in [0, 0.1) is 0 Å². The van der Waals surface area contributed by atoms with Gasteiger partial charge in [0.2, 0.25) is 0 Å². The summed E-state index contributed by atoms with van der Waals surface area (Å²) in [6.45, 7) is 3.75. The van der Waals surface area contributed by atoms with Crippen molar-refractivity contribution in [3.63, 3.8) is 0 Å². The van der Waals surface area contributed by atoms with E-state index in [-0.39, 0.29) is 17.3 Å². The van der Waals surface area contributed by atoms with Gasteiger partial charge in [0.1, 0.15) is 11.9 Å². The SMILES string of the molecule is CCCCCOc1ccc(N2C[C@H](CNC(N)=S)OC2=O)cc1. The van der Waals surface area contributed by atoms with Gasteiger partial charge in [-0.15, -0.1) is 0 Å². The molecule has 0 bridgehead atoms. The minimum absolute atomic E-state index is 0.198. The van der Waals surface area contributed by atoms with Crippen molar-refractivity contribution in [2.45, 2.75) is 32.3 Å². The van der Waals surface area contributed by atoms with Crippen molar-refractivity contribution < 1.29 is 14.3 Å². The Hall–Kier alpha value is -2.02. The number of carbonyl (C=O) groups is 1. The Morgan fingerprint density at radius 2 is 2.17 bits per heavy atom. The zero-order chi connectivity index (χ0) is 16.7. The number of cyclic esters (lactones) is 1. The van der Waals surface area contributed by atoms with Crippen LogP contribution in [0.5, 0.6) is 5.75 Å². The van der Waals surface area contributed by atoms with Gasteiger partial charge in [0.05, 0.1) is 19.7 Å². The van der Waals surface area contributed by atoms with E-state index in [0.717, 1.165) is 17.9 Å². The molecule has 0 radical (unpaired) electrons. The minimum atomic E-state index is -0.364. The smallest absolute Gasteiger partial charge is 0.414 e. The van der Waals surface area contributed by atoms with E-state index in [2.05, 4.69) is 12.2 Å². The third-order valence-corrected chi connectivity index (χ3v) is 3.69. The molecule has 1 amide bonds. The van der Waals surface area contributed by atoms with Crippen molar-refractivity contribution in [3.8, 4) is 5.75 Å². The highest BCUT2D eigenvalue weighted by Gasteiger charge is 2.32. The van der Waals surface area contributed by atoms with Gasteiger partial charge in [0, 0.05) is 5.69 Å². The highest BCUT2D eigenvalue weighted by Crippen LogP contribution is 2.24. The van der Waals surface area contributed by atoms with E-state index in [4.69, 9.17) is 27.4 Å². The molecule has 7 heteroatoms. The molecule has 3 N–H and O–H groups in total. The van der Waals surface area contributed by atoms with E-state index in [1.54, 1.807) is 4.90 Å². The molecule has 1 aromatic carbocycles. The lowest BCUT2D eigenvalue weighted by Crippen LogP contribution is -2.37. The number of unbranched alkanes of at least 4 members (excludes halogenated alkanes) is 2. The highest BCUT2D eigenvalue weighted by molar-refractivity contribution is 7.80. The number of anilines is 1. The van der Waals surface area contributed by atoms with Crippen LogP contribution in [0.15, 0.2) is 24.3 Å². The van der Waals surface area contributed by atoms with Crippen LogP contribution in [-0.2, 0) is 4.74 Å². The molecule has 2 rings (SSSR count). The molecule has 0 unspecified atom stereocenters. The molecule has 23 heavy (non-hydrogen) atoms. The van der Waals surface area contributed by atoms with Crippen molar-refractivity contribution in [1.29, 1.82) is 0 Å². The zero-order valence-electron chi connectivity index (χ0n) is 13.3. The molecule has 0 spiro atoms. The molecule has 1 heterocycles. The molecular weight excluding hydrogens is 314 g/mol. The van der Waals surface area contributed by atoms with Crippen molar-refractivity contribution >= 4 is 29.1 Å². The number of hydrogen-bond donors (Lipinski definition) is 2. The maximum absolute atomic E-state index is 11.9. The predicted octanol–water partition coefficient (Wildman–Crippen LogP) is 2.41. The van der Waals surface area contributed by atoms with Gasteiger partial charge in [-0.1, -0.05) is 19.8 Å². The second kappa shape index (κ2) is 8.57. The van der Waals surface area contributed by atoms with Crippen LogP contribution in [0.4, 0.5) is 10.5 Å². The van der Waals surface area contributed by atoms with Crippen molar-refractivity contribution in [1.82, 2.24) is 5.32 Å². The molecule has 126 valence electrons. The zero-order valence-corrected chi connectivity index (χ0v) is 14.1. The quantitative estimate of drug-likeness (QED) is 0.560. The number of ether oxygens (including phenoxy) is 2.